The minimum absolute atomic E-state index is 0.0582. The Kier molecular flexibility index (Phi) is 3.70. The van der Waals surface area contributed by atoms with Crippen LogP contribution in [0.4, 0.5) is 0 Å². The fraction of sp³-hybridized carbons (Fsp3) is 0.267. The topological polar surface area (TPSA) is 83.0 Å². The number of carboxylic acid groups (broad SMARTS) is 1. The molecule has 0 radical (unpaired) electrons. The zero-order chi connectivity index (χ0) is 14.9. The number of nitrogens with zero attached hydrogens (tertiary/aromatic N) is 1. The molecule has 0 atom stereocenters. The summed E-state index contributed by atoms with van der Waals surface area (Å²) in [6.07, 6.45) is 0. The zero-order valence-electron chi connectivity index (χ0n) is 11.6. The molecule has 104 valence electrons. The van der Waals surface area contributed by atoms with Crippen molar-refractivity contribution in [3.8, 4) is 11.3 Å². The van der Waals surface area contributed by atoms with Gasteiger partial charge in [-0.05, 0) is 31.0 Å². The van der Waals surface area contributed by atoms with Crippen LogP contribution < -0.4 is 5.56 Å². The second kappa shape index (κ2) is 5.28. The van der Waals surface area contributed by atoms with E-state index in [-0.39, 0.29) is 11.5 Å². The van der Waals surface area contributed by atoms with E-state index in [0.29, 0.717) is 17.0 Å². The van der Waals surface area contributed by atoms with Crippen molar-refractivity contribution in [3.63, 3.8) is 0 Å². The highest BCUT2D eigenvalue weighted by Gasteiger charge is 2.17. The van der Waals surface area contributed by atoms with Gasteiger partial charge < -0.3 is 10.1 Å². The summed E-state index contributed by atoms with van der Waals surface area (Å²) in [7, 11) is 0. The lowest BCUT2D eigenvalue weighted by Gasteiger charge is -2.13. The SMILES string of the molecule is Cc1cccc(-c2cc(C(=O)O)c(=O)[nH]c2C(C)C)n1. The van der Waals surface area contributed by atoms with Crippen molar-refractivity contribution in [3.05, 3.63) is 51.6 Å². The quantitative estimate of drug-likeness (QED) is 0.899. The molecule has 2 aromatic heterocycles. The molecule has 0 aliphatic heterocycles. The lowest BCUT2D eigenvalue weighted by molar-refractivity contribution is 0.0695. The maximum absolute atomic E-state index is 11.8. The Balaban J connectivity index is 2.75. The Morgan fingerprint density at radius 1 is 1.35 bits per heavy atom. The van der Waals surface area contributed by atoms with Crippen molar-refractivity contribution < 1.29 is 9.90 Å². The highest BCUT2D eigenvalue weighted by molar-refractivity contribution is 5.89. The lowest BCUT2D eigenvalue weighted by atomic mass is 9.99. The first-order valence-corrected chi connectivity index (χ1v) is 6.34. The van der Waals surface area contributed by atoms with E-state index >= 15 is 0 Å². The number of rotatable bonds is 3. The number of aryl methyl sites for hydroxylation is 1. The zero-order valence-corrected chi connectivity index (χ0v) is 11.6. The molecule has 5 heteroatoms. The first kappa shape index (κ1) is 14.0. The predicted molar refractivity (Wildman–Crippen MR) is 76.1 cm³/mol. The van der Waals surface area contributed by atoms with Crippen LogP contribution in [0.5, 0.6) is 0 Å². The molecule has 0 aromatic carbocycles. The minimum Gasteiger partial charge on any atom is -0.477 e. The molecular weight excluding hydrogens is 256 g/mol. The summed E-state index contributed by atoms with van der Waals surface area (Å²) >= 11 is 0. The Morgan fingerprint density at radius 2 is 2.05 bits per heavy atom. The van der Waals surface area contributed by atoms with Gasteiger partial charge in [0.05, 0.1) is 5.69 Å². The van der Waals surface area contributed by atoms with Crippen LogP contribution in [-0.4, -0.2) is 21.0 Å². The maximum atomic E-state index is 11.8. The molecule has 0 amide bonds. The normalized spacial score (nSPS) is 10.8. The summed E-state index contributed by atoms with van der Waals surface area (Å²) < 4.78 is 0. The van der Waals surface area contributed by atoms with E-state index in [1.54, 1.807) is 6.07 Å². The molecule has 0 aliphatic rings. The number of aromatic carboxylic acids is 1. The number of nitrogens with one attached hydrogen (secondary N) is 1. The monoisotopic (exact) mass is 272 g/mol. The van der Waals surface area contributed by atoms with Crippen LogP contribution in [0.3, 0.4) is 0 Å². The highest BCUT2D eigenvalue weighted by atomic mass is 16.4. The van der Waals surface area contributed by atoms with Crippen LogP contribution in [0.25, 0.3) is 11.3 Å². The summed E-state index contributed by atoms with van der Waals surface area (Å²) in [6.45, 7) is 5.73. The van der Waals surface area contributed by atoms with Gasteiger partial charge in [-0.15, -0.1) is 0 Å². The number of carboxylic acids is 1. The number of hydrogen-bond acceptors (Lipinski definition) is 3. The van der Waals surface area contributed by atoms with Gasteiger partial charge in [0.25, 0.3) is 5.56 Å². The van der Waals surface area contributed by atoms with Gasteiger partial charge in [-0.3, -0.25) is 9.78 Å². The van der Waals surface area contributed by atoms with Crippen molar-refractivity contribution in [2.45, 2.75) is 26.7 Å². The summed E-state index contributed by atoms with van der Waals surface area (Å²) in [6, 6.07) is 6.92. The van der Waals surface area contributed by atoms with E-state index in [0.717, 1.165) is 5.69 Å². The van der Waals surface area contributed by atoms with Crippen LogP contribution in [0.15, 0.2) is 29.1 Å². The summed E-state index contributed by atoms with van der Waals surface area (Å²) in [4.78, 5) is 30.0. The van der Waals surface area contributed by atoms with Gasteiger partial charge in [0.15, 0.2) is 0 Å². The van der Waals surface area contributed by atoms with Crippen LogP contribution >= 0.6 is 0 Å². The Morgan fingerprint density at radius 3 is 2.60 bits per heavy atom. The minimum atomic E-state index is -1.24. The smallest absolute Gasteiger partial charge is 0.341 e. The molecule has 20 heavy (non-hydrogen) atoms. The number of H-pyrrole nitrogens is 1. The number of hydrogen-bond donors (Lipinski definition) is 2. The van der Waals surface area contributed by atoms with Crippen molar-refractivity contribution in [1.82, 2.24) is 9.97 Å². The van der Waals surface area contributed by atoms with Crippen LogP contribution in [0, 0.1) is 6.92 Å². The lowest BCUT2D eigenvalue weighted by Crippen LogP contribution is -2.20. The van der Waals surface area contributed by atoms with Gasteiger partial charge in [-0.2, -0.15) is 0 Å². The van der Waals surface area contributed by atoms with Gasteiger partial charge >= 0.3 is 5.97 Å². The summed E-state index contributed by atoms with van der Waals surface area (Å²) in [5.41, 5.74) is 1.98. The molecule has 0 saturated heterocycles. The second-order valence-electron chi connectivity index (χ2n) is 4.96. The van der Waals surface area contributed by atoms with Crippen molar-refractivity contribution in [1.29, 1.82) is 0 Å². The van der Waals surface area contributed by atoms with Gasteiger partial charge in [0.1, 0.15) is 5.56 Å². The molecule has 2 heterocycles. The van der Waals surface area contributed by atoms with E-state index in [2.05, 4.69) is 9.97 Å². The first-order chi connectivity index (χ1) is 9.40. The molecule has 0 saturated carbocycles. The van der Waals surface area contributed by atoms with Crippen LogP contribution in [-0.2, 0) is 0 Å². The molecule has 2 aromatic rings. The highest BCUT2D eigenvalue weighted by Crippen LogP contribution is 2.26. The van der Waals surface area contributed by atoms with E-state index < -0.39 is 11.5 Å². The Bertz CT molecular complexity index is 717. The molecule has 5 nitrogen and oxygen atoms in total. The van der Waals surface area contributed by atoms with E-state index in [1.807, 2.05) is 32.9 Å². The molecular formula is C15H16N2O3. The third-order valence-electron chi connectivity index (χ3n) is 3.04. The van der Waals surface area contributed by atoms with Gasteiger partial charge in [0, 0.05) is 17.0 Å². The average Bonchev–Trinajstić information content (AvgIpc) is 2.37. The third-order valence-corrected chi connectivity index (χ3v) is 3.04. The molecule has 0 bridgehead atoms. The maximum Gasteiger partial charge on any atom is 0.341 e. The molecule has 2 rings (SSSR count). The van der Waals surface area contributed by atoms with E-state index in [9.17, 15) is 9.59 Å². The van der Waals surface area contributed by atoms with Crippen molar-refractivity contribution >= 4 is 5.97 Å². The number of aromatic nitrogens is 2. The van der Waals surface area contributed by atoms with Crippen molar-refractivity contribution in [2.75, 3.05) is 0 Å². The number of aromatic amines is 1. The molecule has 0 aliphatic carbocycles. The van der Waals surface area contributed by atoms with Gasteiger partial charge in [0.2, 0.25) is 0 Å². The summed E-state index contributed by atoms with van der Waals surface area (Å²) in [5, 5.41) is 9.08. The van der Waals surface area contributed by atoms with Gasteiger partial charge in [-0.1, -0.05) is 19.9 Å². The number of carbonyl (C=O) groups is 1. The fourth-order valence-electron chi connectivity index (χ4n) is 2.06. The summed E-state index contributed by atoms with van der Waals surface area (Å²) in [5.74, 6) is -1.18. The molecule has 0 spiro atoms. The second-order valence-corrected chi connectivity index (χ2v) is 4.96. The average molecular weight is 272 g/mol. The van der Waals surface area contributed by atoms with E-state index in [4.69, 9.17) is 5.11 Å². The Labute approximate surface area is 116 Å². The molecule has 0 unspecified atom stereocenters. The van der Waals surface area contributed by atoms with Crippen LogP contribution in [0.2, 0.25) is 0 Å². The standard InChI is InChI=1S/C15H16N2O3/c1-8(2)13-10(12-6-4-5-9(3)16-12)7-11(15(19)20)14(18)17-13/h4-8H,1-3H3,(H,17,18)(H,19,20). The predicted octanol–water partition coefficient (Wildman–Crippen LogP) is 2.57. The third kappa shape index (κ3) is 2.61. The first-order valence-electron chi connectivity index (χ1n) is 6.34. The Hall–Kier alpha value is -2.43. The van der Waals surface area contributed by atoms with Crippen molar-refractivity contribution in [2.24, 2.45) is 0 Å². The number of pyridine rings is 2. The largest absolute Gasteiger partial charge is 0.477 e. The molecule has 2 N–H and O–H groups in total. The van der Waals surface area contributed by atoms with E-state index in [1.165, 1.54) is 6.07 Å². The molecule has 0 fully saturated rings. The fourth-order valence-corrected chi connectivity index (χ4v) is 2.06. The van der Waals surface area contributed by atoms with Crippen LogP contribution in [0.1, 0.15) is 41.5 Å². The van der Waals surface area contributed by atoms with Gasteiger partial charge in [-0.25, -0.2) is 4.79 Å².